The molecule has 0 aliphatic carbocycles. The van der Waals surface area contributed by atoms with Crippen LogP contribution in [0.4, 0.5) is 0 Å². The van der Waals surface area contributed by atoms with Crippen LogP contribution in [0.1, 0.15) is 26.4 Å². The van der Waals surface area contributed by atoms with E-state index in [4.69, 9.17) is 4.74 Å². The van der Waals surface area contributed by atoms with Gasteiger partial charge in [-0.3, -0.25) is 9.36 Å². The summed E-state index contributed by atoms with van der Waals surface area (Å²) in [5.41, 5.74) is 2.28. The standard InChI is InChI=1S/C22H17NO3/c1-14-20(22(25)26-2)18-9-5-6-10-19(18)23(14)21(24)17-12-11-15-7-3-4-8-16(15)13-17/h3-13H,1-2H3. The monoisotopic (exact) mass is 343 g/mol. The van der Waals surface area contributed by atoms with Crippen LogP contribution < -0.4 is 0 Å². The van der Waals surface area contributed by atoms with Crippen molar-refractivity contribution in [2.24, 2.45) is 0 Å². The van der Waals surface area contributed by atoms with Gasteiger partial charge in [0.05, 0.1) is 18.2 Å². The summed E-state index contributed by atoms with van der Waals surface area (Å²) < 4.78 is 6.51. The SMILES string of the molecule is COC(=O)c1c(C)n(C(=O)c2ccc3ccccc3c2)c2ccccc12. The molecule has 0 atom stereocenters. The highest BCUT2D eigenvalue weighted by molar-refractivity contribution is 6.12. The zero-order valence-corrected chi connectivity index (χ0v) is 14.5. The van der Waals surface area contributed by atoms with E-state index >= 15 is 0 Å². The largest absolute Gasteiger partial charge is 0.465 e. The number of esters is 1. The number of benzene rings is 3. The van der Waals surface area contributed by atoms with E-state index in [-0.39, 0.29) is 5.91 Å². The number of hydrogen-bond donors (Lipinski definition) is 0. The van der Waals surface area contributed by atoms with E-state index in [0.717, 1.165) is 10.8 Å². The van der Waals surface area contributed by atoms with Crippen molar-refractivity contribution in [2.45, 2.75) is 6.92 Å². The van der Waals surface area contributed by atoms with Gasteiger partial charge in [0.2, 0.25) is 0 Å². The molecule has 4 rings (SSSR count). The maximum absolute atomic E-state index is 13.3. The summed E-state index contributed by atoms with van der Waals surface area (Å²) in [5, 5.41) is 2.79. The smallest absolute Gasteiger partial charge is 0.340 e. The van der Waals surface area contributed by atoms with Gasteiger partial charge in [-0.1, -0.05) is 48.5 Å². The number of nitrogens with zero attached hydrogens (tertiary/aromatic N) is 1. The van der Waals surface area contributed by atoms with Crippen LogP contribution >= 0.6 is 0 Å². The van der Waals surface area contributed by atoms with Crippen LogP contribution in [0.25, 0.3) is 21.7 Å². The van der Waals surface area contributed by atoms with Crippen LogP contribution in [0, 0.1) is 6.92 Å². The number of aromatic nitrogens is 1. The van der Waals surface area contributed by atoms with Crippen LogP contribution in [0.3, 0.4) is 0 Å². The molecule has 0 spiro atoms. The van der Waals surface area contributed by atoms with Crippen molar-refractivity contribution in [1.29, 1.82) is 0 Å². The Kier molecular flexibility index (Phi) is 3.81. The van der Waals surface area contributed by atoms with Gasteiger partial charge in [0.25, 0.3) is 5.91 Å². The topological polar surface area (TPSA) is 48.3 Å². The van der Waals surface area contributed by atoms with E-state index in [9.17, 15) is 9.59 Å². The molecule has 4 aromatic rings. The molecule has 0 unspecified atom stereocenters. The second kappa shape index (κ2) is 6.15. The molecule has 1 heterocycles. The lowest BCUT2D eigenvalue weighted by atomic mass is 10.1. The molecule has 4 nitrogen and oxygen atoms in total. The van der Waals surface area contributed by atoms with Gasteiger partial charge >= 0.3 is 5.97 Å². The van der Waals surface area contributed by atoms with Gasteiger partial charge < -0.3 is 4.74 Å². The van der Waals surface area contributed by atoms with Crippen LogP contribution in [0.5, 0.6) is 0 Å². The number of carbonyl (C=O) groups is 2. The Balaban J connectivity index is 1.94. The number of rotatable bonds is 2. The number of hydrogen-bond acceptors (Lipinski definition) is 3. The Morgan fingerprint density at radius 2 is 1.58 bits per heavy atom. The second-order valence-corrected chi connectivity index (χ2v) is 6.17. The molecule has 26 heavy (non-hydrogen) atoms. The maximum atomic E-state index is 13.3. The average molecular weight is 343 g/mol. The molecule has 0 saturated heterocycles. The summed E-state index contributed by atoms with van der Waals surface area (Å²) in [6.45, 7) is 1.77. The van der Waals surface area contributed by atoms with Gasteiger partial charge in [-0.2, -0.15) is 0 Å². The highest BCUT2D eigenvalue weighted by Crippen LogP contribution is 2.28. The van der Waals surface area contributed by atoms with Gasteiger partial charge in [-0.05, 0) is 35.9 Å². The highest BCUT2D eigenvalue weighted by atomic mass is 16.5. The van der Waals surface area contributed by atoms with E-state index in [2.05, 4.69) is 0 Å². The van der Waals surface area contributed by atoms with Crippen LogP contribution in [-0.2, 0) is 4.74 Å². The molecule has 0 aliphatic rings. The van der Waals surface area contributed by atoms with E-state index in [1.165, 1.54) is 7.11 Å². The Labute approximate surface area is 150 Å². The Hall–Kier alpha value is -3.40. The molecule has 0 N–H and O–H groups in total. The van der Waals surface area contributed by atoms with Crippen molar-refractivity contribution in [3.8, 4) is 0 Å². The molecule has 0 amide bonds. The van der Waals surface area contributed by atoms with Gasteiger partial charge in [0.1, 0.15) is 0 Å². The number of para-hydroxylation sites is 1. The first-order valence-electron chi connectivity index (χ1n) is 8.33. The third-order valence-electron chi connectivity index (χ3n) is 4.70. The molecule has 128 valence electrons. The van der Waals surface area contributed by atoms with Crippen LogP contribution in [0.15, 0.2) is 66.7 Å². The summed E-state index contributed by atoms with van der Waals surface area (Å²) >= 11 is 0. The van der Waals surface area contributed by atoms with Gasteiger partial charge in [-0.25, -0.2) is 4.79 Å². The molecule has 0 saturated carbocycles. The highest BCUT2D eigenvalue weighted by Gasteiger charge is 2.24. The van der Waals surface area contributed by atoms with Crippen molar-refractivity contribution in [3.05, 3.63) is 83.6 Å². The predicted octanol–water partition coefficient (Wildman–Crippen LogP) is 4.58. The van der Waals surface area contributed by atoms with Crippen molar-refractivity contribution in [1.82, 2.24) is 4.57 Å². The van der Waals surface area contributed by atoms with Crippen LogP contribution in [-0.4, -0.2) is 23.6 Å². The summed E-state index contributed by atoms with van der Waals surface area (Å²) in [6.07, 6.45) is 0. The first-order valence-corrected chi connectivity index (χ1v) is 8.33. The zero-order valence-electron chi connectivity index (χ0n) is 14.5. The number of carbonyl (C=O) groups excluding carboxylic acids is 2. The molecule has 0 bridgehead atoms. The molecule has 0 radical (unpaired) electrons. The third-order valence-corrected chi connectivity index (χ3v) is 4.70. The number of fused-ring (bicyclic) bond motifs is 2. The first kappa shape index (κ1) is 16.1. The Morgan fingerprint density at radius 3 is 2.35 bits per heavy atom. The minimum Gasteiger partial charge on any atom is -0.465 e. The zero-order chi connectivity index (χ0) is 18.3. The number of ether oxygens (including phenoxy) is 1. The molecule has 3 aromatic carbocycles. The fraction of sp³-hybridized carbons (Fsp3) is 0.0909. The summed E-state index contributed by atoms with van der Waals surface area (Å²) in [6, 6.07) is 20.9. The van der Waals surface area contributed by atoms with Crippen molar-refractivity contribution >= 4 is 33.6 Å². The molecule has 0 fully saturated rings. The minimum atomic E-state index is -0.441. The van der Waals surface area contributed by atoms with Crippen molar-refractivity contribution < 1.29 is 14.3 Å². The quantitative estimate of drug-likeness (QED) is 0.501. The lowest BCUT2D eigenvalue weighted by molar-refractivity contribution is 0.0602. The predicted molar refractivity (Wildman–Crippen MR) is 102 cm³/mol. The third kappa shape index (κ3) is 2.39. The van der Waals surface area contributed by atoms with E-state index in [1.54, 1.807) is 11.5 Å². The van der Waals surface area contributed by atoms with E-state index in [0.29, 0.717) is 27.7 Å². The van der Waals surface area contributed by atoms with Crippen molar-refractivity contribution in [2.75, 3.05) is 7.11 Å². The van der Waals surface area contributed by atoms with Gasteiger partial charge in [0, 0.05) is 16.6 Å². The lowest BCUT2D eigenvalue weighted by Gasteiger charge is -2.08. The normalized spacial score (nSPS) is 11.0. The molecular formula is C22H17NO3. The van der Waals surface area contributed by atoms with E-state index < -0.39 is 5.97 Å². The Morgan fingerprint density at radius 1 is 0.885 bits per heavy atom. The average Bonchev–Trinajstić information content (AvgIpc) is 2.98. The van der Waals surface area contributed by atoms with Crippen molar-refractivity contribution in [3.63, 3.8) is 0 Å². The molecular weight excluding hydrogens is 326 g/mol. The Bertz CT molecular complexity index is 1170. The summed E-state index contributed by atoms with van der Waals surface area (Å²) in [5.74, 6) is -0.608. The minimum absolute atomic E-state index is 0.167. The summed E-state index contributed by atoms with van der Waals surface area (Å²) in [4.78, 5) is 25.5. The maximum Gasteiger partial charge on any atom is 0.340 e. The van der Waals surface area contributed by atoms with Crippen LogP contribution in [0.2, 0.25) is 0 Å². The molecule has 0 aliphatic heterocycles. The van der Waals surface area contributed by atoms with Gasteiger partial charge in [0.15, 0.2) is 0 Å². The first-order chi connectivity index (χ1) is 12.6. The molecule has 1 aromatic heterocycles. The lowest BCUT2D eigenvalue weighted by Crippen LogP contribution is -2.14. The van der Waals surface area contributed by atoms with E-state index in [1.807, 2.05) is 66.7 Å². The molecule has 4 heteroatoms. The number of methoxy groups -OCH3 is 1. The fourth-order valence-corrected chi connectivity index (χ4v) is 3.44. The fourth-order valence-electron chi connectivity index (χ4n) is 3.44. The second-order valence-electron chi connectivity index (χ2n) is 6.17. The van der Waals surface area contributed by atoms with Gasteiger partial charge in [-0.15, -0.1) is 0 Å². The summed E-state index contributed by atoms with van der Waals surface area (Å²) in [7, 11) is 1.35.